The summed E-state index contributed by atoms with van der Waals surface area (Å²) in [6.07, 6.45) is 0.381. The summed E-state index contributed by atoms with van der Waals surface area (Å²) in [5, 5.41) is 7.65. The summed E-state index contributed by atoms with van der Waals surface area (Å²) in [5.74, 6) is -2.00. The maximum absolute atomic E-state index is 12.2. The molecule has 0 radical (unpaired) electrons. The highest BCUT2D eigenvalue weighted by Gasteiger charge is 2.24. The average molecular weight is 556 g/mol. The molecule has 37 heavy (non-hydrogen) atoms. The van der Waals surface area contributed by atoms with Gasteiger partial charge in [0.25, 0.3) is 10.1 Å². The normalized spacial score (nSPS) is 13.1. The second-order valence-electron chi connectivity index (χ2n) is 8.31. The van der Waals surface area contributed by atoms with Crippen molar-refractivity contribution in [2.45, 2.75) is 45.7 Å². The number of aldehydes is 1. The van der Waals surface area contributed by atoms with Crippen LogP contribution in [0, 0.1) is 5.92 Å². The van der Waals surface area contributed by atoms with Crippen LogP contribution in [-0.2, 0) is 48.2 Å². The van der Waals surface area contributed by atoms with Crippen LogP contribution in [0.3, 0.4) is 0 Å². The van der Waals surface area contributed by atoms with Gasteiger partial charge in [0.1, 0.15) is 12.3 Å². The third kappa shape index (κ3) is 21.6. The van der Waals surface area contributed by atoms with E-state index < -0.39 is 39.8 Å². The first-order chi connectivity index (χ1) is 17.5. The first-order valence-electron chi connectivity index (χ1n) is 12.0. The summed E-state index contributed by atoms with van der Waals surface area (Å²) in [4.78, 5) is 46.3. The SMILES string of the molecule is CC(C=O)NC(=O)C(NC(=O)CCOCCOCCOCCOCCNC(=O)CCS(=O)(=O)O)C(C)C. The molecule has 0 aromatic rings. The Morgan fingerprint density at radius 1 is 0.784 bits per heavy atom. The molecule has 14 nitrogen and oxygen atoms in total. The Morgan fingerprint density at radius 2 is 1.30 bits per heavy atom. The summed E-state index contributed by atoms with van der Waals surface area (Å²) in [6, 6.07) is -1.37. The van der Waals surface area contributed by atoms with E-state index in [-0.39, 0.29) is 51.0 Å². The average Bonchev–Trinajstić information content (AvgIpc) is 2.82. The molecule has 0 saturated carbocycles. The van der Waals surface area contributed by atoms with Crippen molar-refractivity contribution in [1.82, 2.24) is 16.0 Å². The van der Waals surface area contributed by atoms with Gasteiger partial charge in [0.05, 0.1) is 64.6 Å². The molecule has 2 atom stereocenters. The molecule has 0 bridgehead atoms. The van der Waals surface area contributed by atoms with E-state index in [2.05, 4.69) is 16.0 Å². The molecule has 0 aliphatic carbocycles. The third-order valence-corrected chi connectivity index (χ3v) is 5.30. The lowest BCUT2D eigenvalue weighted by atomic mass is 10.0. The van der Waals surface area contributed by atoms with E-state index in [1.165, 1.54) is 0 Å². The van der Waals surface area contributed by atoms with E-state index in [4.69, 9.17) is 23.5 Å². The molecule has 0 aliphatic rings. The first-order valence-corrected chi connectivity index (χ1v) is 13.6. The highest BCUT2D eigenvalue weighted by molar-refractivity contribution is 7.85. The van der Waals surface area contributed by atoms with Gasteiger partial charge in [0.2, 0.25) is 17.7 Å². The minimum absolute atomic E-state index is 0.0805. The van der Waals surface area contributed by atoms with Crippen LogP contribution in [0.25, 0.3) is 0 Å². The van der Waals surface area contributed by atoms with E-state index in [1.807, 2.05) is 0 Å². The van der Waals surface area contributed by atoms with Crippen LogP contribution < -0.4 is 16.0 Å². The summed E-state index contributed by atoms with van der Waals surface area (Å²) in [5.41, 5.74) is 0. The zero-order valence-corrected chi connectivity index (χ0v) is 22.5. The van der Waals surface area contributed by atoms with E-state index in [9.17, 15) is 27.6 Å². The number of carbonyl (C=O) groups excluding carboxylic acids is 4. The summed E-state index contributed by atoms with van der Waals surface area (Å²) in [7, 11) is -4.15. The van der Waals surface area contributed by atoms with Crippen molar-refractivity contribution >= 4 is 34.1 Å². The molecule has 4 N–H and O–H groups in total. The zero-order chi connectivity index (χ0) is 28.1. The predicted molar refractivity (Wildman–Crippen MR) is 132 cm³/mol. The highest BCUT2D eigenvalue weighted by atomic mass is 32.2. The number of hydrogen-bond donors (Lipinski definition) is 4. The Labute approximate surface area is 218 Å². The zero-order valence-electron chi connectivity index (χ0n) is 21.7. The van der Waals surface area contributed by atoms with Gasteiger partial charge in [-0.3, -0.25) is 18.9 Å². The van der Waals surface area contributed by atoms with Gasteiger partial charge in [-0.15, -0.1) is 0 Å². The van der Waals surface area contributed by atoms with Crippen LogP contribution in [0.4, 0.5) is 0 Å². The largest absolute Gasteiger partial charge is 0.379 e. The quantitative estimate of drug-likeness (QED) is 0.0663. The molecular weight excluding hydrogens is 514 g/mol. The fraction of sp³-hybridized carbons (Fsp3) is 0.818. The Bertz CT molecular complexity index is 778. The molecule has 0 saturated heterocycles. The number of carbonyl (C=O) groups is 4. The predicted octanol–water partition coefficient (Wildman–Crippen LogP) is -1.32. The smallest absolute Gasteiger partial charge is 0.265 e. The minimum Gasteiger partial charge on any atom is -0.379 e. The lowest BCUT2D eigenvalue weighted by molar-refractivity contribution is -0.131. The van der Waals surface area contributed by atoms with Gasteiger partial charge < -0.3 is 39.7 Å². The molecule has 0 spiro atoms. The van der Waals surface area contributed by atoms with Crippen molar-refractivity contribution in [1.29, 1.82) is 0 Å². The maximum atomic E-state index is 12.2. The fourth-order valence-electron chi connectivity index (χ4n) is 2.63. The highest BCUT2D eigenvalue weighted by Crippen LogP contribution is 2.03. The van der Waals surface area contributed by atoms with E-state index in [0.717, 1.165) is 0 Å². The Balaban J connectivity index is 3.60. The van der Waals surface area contributed by atoms with E-state index in [1.54, 1.807) is 20.8 Å². The van der Waals surface area contributed by atoms with Crippen molar-refractivity contribution < 1.29 is 51.1 Å². The Kier molecular flexibility index (Phi) is 19.6. The molecular formula is C22H41N3O11S. The van der Waals surface area contributed by atoms with Crippen LogP contribution in [0.2, 0.25) is 0 Å². The van der Waals surface area contributed by atoms with Crippen LogP contribution in [0.5, 0.6) is 0 Å². The number of nitrogens with one attached hydrogen (secondary N) is 3. The molecule has 0 heterocycles. The molecule has 0 rings (SSSR count). The summed E-state index contributed by atoms with van der Waals surface area (Å²) < 4.78 is 50.9. The van der Waals surface area contributed by atoms with Crippen molar-refractivity contribution in [2.24, 2.45) is 5.92 Å². The number of amides is 3. The van der Waals surface area contributed by atoms with Crippen molar-refractivity contribution in [2.75, 3.05) is 65.2 Å². The van der Waals surface area contributed by atoms with Crippen molar-refractivity contribution in [3.63, 3.8) is 0 Å². The van der Waals surface area contributed by atoms with Crippen molar-refractivity contribution in [3.05, 3.63) is 0 Å². The van der Waals surface area contributed by atoms with Gasteiger partial charge in [0, 0.05) is 19.4 Å². The van der Waals surface area contributed by atoms with Gasteiger partial charge in [-0.05, 0) is 12.8 Å². The Morgan fingerprint density at radius 3 is 1.78 bits per heavy atom. The second-order valence-corrected chi connectivity index (χ2v) is 9.88. The lowest BCUT2D eigenvalue weighted by Gasteiger charge is -2.22. The topological polar surface area (TPSA) is 196 Å². The minimum atomic E-state index is -4.15. The fourth-order valence-corrected chi connectivity index (χ4v) is 3.07. The number of ether oxygens (including phenoxy) is 4. The van der Waals surface area contributed by atoms with E-state index in [0.29, 0.717) is 39.3 Å². The summed E-state index contributed by atoms with van der Waals surface area (Å²) in [6.45, 7) is 7.69. The lowest BCUT2D eigenvalue weighted by Crippen LogP contribution is -2.52. The van der Waals surface area contributed by atoms with Crippen LogP contribution in [0.15, 0.2) is 0 Å². The van der Waals surface area contributed by atoms with Crippen molar-refractivity contribution in [3.8, 4) is 0 Å². The maximum Gasteiger partial charge on any atom is 0.265 e. The Hall–Kier alpha value is -2.17. The first kappa shape index (κ1) is 34.8. The molecule has 0 fully saturated rings. The van der Waals surface area contributed by atoms with Gasteiger partial charge >= 0.3 is 0 Å². The molecule has 2 unspecified atom stereocenters. The monoisotopic (exact) mass is 555 g/mol. The molecule has 15 heteroatoms. The number of hydrogen-bond acceptors (Lipinski definition) is 10. The van der Waals surface area contributed by atoms with Gasteiger partial charge in [0.15, 0.2) is 0 Å². The van der Waals surface area contributed by atoms with Crippen LogP contribution in [0.1, 0.15) is 33.6 Å². The van der Waals surface area contributed by atoms with Gasteiger partial charge in [-0.2, -0.15) is 8.42 Å². The molecule has 0 aromatic carbocycles. The van der Waals surface area contributed by atoms with E-state index >= 15 is 0 Å². The summed E-state index contributed by atoms with van der Waals surface area (Å²) >= 11 is 0. The third-order valence-electron chi connectivity index (χ3n) is 4.58. The molecule has 0 aromatic heterocycles. The molecule has 0 aliphatic heterocycles. The van der Waals surface area contributed by atoms with Gasteiger partial charge in [-0.1, -0.05) is 13.8 Å². The van der Waals surface area contributed by atoms with Gasteiger partial charge in [-0.25, -0.2) is 0 Å². The molecule has 216 valence electrons. The van der Waals surface area contributed by atoms with Crippen LogP contribution in [-0.4, -0.2) is 114 Å². The van der Waals surface area contributed by atoms with Crippen LogP contribution >= 0.6 is 0 Å². The second kappa shape index (κ2) is 20.8. The standard InChI is InChI=1S/C22H41N3O11S/c1-17(2)21(22(29)24-18(3)16-26)25-20(28)4-7-33-9-11-35-13-14-36-12-10-34-8-6-23-19(27)5-15-37(30,31)32/h16-18,21H,4-15H2,1-3H3,(H,23,27)(H,24,29)(H,25,28)(H,30,31,32). The molecule has 3 amide bonds. The number of rotatable bonds is 23.